The number of nitrogens with zero attached hydrogens (tertiary/aromatic N) is 1. The molecule has 0 bridgehead atoms. The maximum absolute atomic E-state index is 13.3. The Labute approximate surface area is 233 Å². The molecular formula is C33H43N3O3. The second-order valence-corrected chi connectivity index (χ2v) is 10.1. The van der Waals surface area contributed by atoms with Crippen LogP contribution in [-0.4, -0.2) is 60.1 Å². The van der Waals surface area contributed by atoms with Crippen LogP contribution >= 0.6 is 0 Å². The van der Waals surface area contributed by atoms with Gasteiger partial charge in [0.05, 0.1) is 12.1 Å². The molecule has 0 heterocycles. The van der Waals surface area contributed by atoms with E-state index in [1.807, 2.05) is 35.2 Å². The minimum absolute atomic E-state index is 0.0630. The largest absolute Gasteiger partial charge is 0.390 e. The Kier molecular flexibility index (Phi) is 12.2. The lowest BCUT2D eigenvalue weighted by atomic mass is 10.00. The normalized spacial score (nSPS) is 12.5. The predicted octanol–water partition coefficient (Wildman–Crippen LogP) is 4.79. The third kappa shape index (κ3) is 9.65. The molecule has 0 radical (unpaired) electrons. The number of aliphatic hydroxyl groups is 1. The summed E-state index contributed by atoms with van der Waals surface area (Å²) in [6.07, 6.45) is 2.32. The number of benzene rings is 3. The highest BCUT2D eigenvalue weighted by atomic mass is 16.3. The van der Waals surface area contributed by atoms with Gasteiger partial charge in [-0.05, 0) is 68.5 Å². The van der Waals surface area contributed by atoms with E-state index in [0.717, 1.165) is 31.4 Å². The molecule has 208 valence electrons. The molecule has 0 spiro atoms. The van der Waals surface area contributed by atoms with Gasteiger partial charge in [-0.2, -0.15) is 0 Å². The highest BCUT2D eigenvalue weighted by molar-refractivity contribution is 5.99. The van der Waals surface area contributed by atoms with Gasteiger partial charge in [-0.3, -0.25) is 9.59 Å². The van der Waals surface area contributed by atoms with Gasteiger partial charge in [0.25, 0.3) is 11.8 Å². The van der Waals surface area contributed by atoms with Gasteiger partial charge in [-0.25, -0.2) is 0 Å². The van der Waals surface area contributed by atoms with Crippen molar-refractivity contribution in [1.82, 2.24) is 15.5 Å². The third-order valence-corrected chi connectivity index (χ3v) is 6.79. The summed E-state index contributed by atoms with van der Waals surface area (Å²) in [5.74, 6) is -0.367. The molecule has 0 aliphatic carbocycles. The molecule has 6 heteroatoms. The van der Waals surface area contributed by atoms with E-state index >= 15 is 0 Å². The maximum atomic E-state index is 13.3. The molecular weight excluding hydrogens is 486 g/mol. The van der Waals surface area contributed by atoms with Crippen molar-refractivity contribution in [3.05, 3.63) is 107 Å². The zero-order valence-corrected chi connectivity index (χ0v) is 23.5. The molecule has 0 saturated carbocycles. The molecule has 6 nitrogen and oxygen atoms in total. The molecule has 3 rings (SSSR count). The Balaban J connectivity index is 1.67. The van der Waals surface area contributed by atoms with Crippen molar-refractivity contribution in [2.24, 2.45) is 0 Å². The molecule has 0 aromatic heterocycles. The van der Waals surface area contributed by atoms with Crippen LogP contribution in [-0.2, 0) is 12.8 Å². The molecule has 0 saturated heterocycles. The van der Waals surface area contributed by atoms with Crippen LogP contribution in [0.1, 0.15) is 64.1 Å². The number of amides is 2. The van der Waals surface area contributed by atoms with Gasteiger partial charge in [-0.1, -0.05) is 80.1 Å². The molecule has 0 unspecified atom stereocenters. The summed E-state index contributed by atoms with van der Waals surface area (Å²) in [4.78, 5) is 28.2. The van der Waals surface area contributed by atoms with Gasteiger partial charge in [0.2, 0.25) is 0 Å². The summed E-state index contributed by atoms with van der Waals surface area (Å²) in [6, 6.07) is 24.6. The first-order valence-electron chi connectivity index (χ1n) is 14.1. The van der Waals surface area contributed by atoms with Crippen molar-refractivity contribution in [3.63, 3.8) is 0 Å². The number of aryl methyl sites for hydroxylation is 1. The van der Waals surface area contributed by atoms with Crippen molar-refractivity contribution in [2.75, 3.05) is 26.2 Å². The zero-order chi connectivity index (χ0) is 28.0. The second kappa shape index (κ2) is 15.8. The Hall–Kier alpha value is -3.48. The molecule has 0 fully saturated rings. The summed E-state index contributed by atoms with van der Waals surface area (Å²) < 4.78 is 0. The highest BCUT2D eigenvalue weighted by Gasteiger charge is 2.23. The molecule has 3 aromatic rings. The average Bonchev–Trinajstić information content (AvgIpc) is 2.96. The van der Waals surface area contributed by atoms with E-state index < -0.39 is 12.1 Å². The Morgan fingerprint density at radius 1 is 0.846 bits per heavy atom. The fraction of sp³-hybridized carbons (Fsp3) is 0.394. The van der Waals surface area contributed by atoms with Crippen molar-refractivity contribution in [3.8, 4) is 0 Å². The van der Waals surface area contributed by atoms with E-state index in [4.69, 9.17) is 0 Å². The first-order chi connectivity index (χ1) is 18.9. The van der Waals surface area contributed by atoms with E-state index in [0.29, 0.717) is 37.2 Å². The minimum atomic E-state index is -0.790. The Bertz CT molecular complexity index is 1160. The van der Waals surface area contributed by atoms with Crippen LogP contribution in [0.4, 0.5) is 0 Å². The van der Waals surface area contributed by atoms with E-state index in [2.05, 4.69) is 55.7 Å². The summed E-state index contributed by atoms with van der Waals surface area (Å²) in [6.45, 7) is 8.62. The molecule has 2 amide bonds. The van der Waals surface area contributed by atoms with Crippen LogP contribution in [0, 0.1) is 6.92 Å². The number of hydrogen-bond acceptors (Lipinski definition) is 4. The molecule has 3 aromatic carbocycles. The molecule has 0 aliphatic heterocycles. The fourth-order valence-electron chi connectivity index (χ4n) is 4.61. The average molecular weight is 530 g/mol. The monoisotopic (exact) mass is 529 g/mol. The zero-order valence-electron chi connectivity index (χ0n) is 23.5. The number of nitrogens with one attached hydrogen (secondary N) is 2. The van der Waals surface area contributed by atoms with Gasteiger partial charge in [-0.15, -0.1) is 0 Å². The van der Waals surface area contributed by atoms with Crippen LogP contribution in [0.3, 0.4) is 0 Å². The number of hydrogen-bond donors (Lipinski definition) is 3. The van der Waals surface area contributed by atoms with Gasteiger partial charge in [0.1, 0.15) is 0 Å². The Morgan fingerprint density at radius 2 is 1.51 bits per heavy atom. The van der Waals surface area contributed by atoms with E-state index in [9.17, 15) is 14.7 Å². The standard InChI is InChI=1S/C33H43N3O3/c1-4-20-36(21-5-2)33(39)29-13-9-12-28(23-29)32(38)35-30(22-27-10-7-6-8-11-27)31(37)24-34-19-18-26-16-14-25(3)15-17-26/h6-17,23,30-31,34,37H,4-5,18-22,24H2,1-3H3,(H,35,38)/t30-,31+/m0/s1. The van der Waals surface area contributed by atoms with Crippen molar-refractivity contribution >= 4 is 11.8 Å². The Morgan fingerprint density at radius 3 is 2.18 bits per heavy atom. The summed E-state index contributed by atoms with van der Waals surface area (Å²) in [5, 5.41) is 17.5. The summed E-state index contributed by atoms with van der Waals surface area (Å²) in [5.41, 5.74) is 4.41. The topological polar surface area (TPSA) is 81.7 Å². The van der Waals surface area contributed by atoms with Crippen LogP contribution in [0.25, 0.3) is 0 Å². The lowest BCUT2D eigenvalue weighted by molar-refractivity contribution is 0.0755. The third-order valence-electron chi connectivity index (χ3n) is 6.79. The van der Waals surface area contributed by atoms with Crippen molar-refractivity contribution in [2.45, 2.75) is 58.6 Å². The SMILES string of the molecule is CCCN(CCC)C(=O)c1cccc(C(=O)N[C@@H](Cc2ccccc2)[C@H](O)CNCCc2ccc(C)cc2)c1. The lowest BCUT2D eigenvalue weighted by Gasteiger charge is -2.25. The van der Waals surface area contributed by atoms with Crippen LogP contribution < -0.4 is 10.6 Å². The maximum Gasteiger partial charge on any atom is 0.253 e. The van der Waals surface area contributed by atoms with Crippen LogP contribution in [0.2, 0.25) is 0 Å². The van der Waals surface area contributed by atoms with Gasteiger partial charge < -0.3 is 20.6 Å². The van der Waals surface area contributed by atoms with E-state index in [1.54, 1.807) is 24.3 Å². The quantitative estimate of drug-likeness (QED) is 0.247. The number of aliphatic hydroxyl groups excluding tert-OH is 1. The van der Waals surface area contributed by atoms with E-state index in [-0.39, 0.29) is 11.8 Å². The smallest absolute Gasteiger partial charge is 0.253 e. The first-order valence-corrected chi connectivity index (χ1v) is 14.1. The van der Waals surface area contributed by atoms with Crippen LogP contribution in [0.15, 0.2) is 78.9 Å². The van der Waals surface area contributed by atoms with Crippen molar-refractivity contribution < 1.29 is 14.7 Å². The van der Waals surface area contributed by atoms with Crippen LogP contribution in [0.5, 0.6) is 0 Å². The molecule has 39 heavy (non-hydrogen) atoms. The number of carbonyl (C=O) groups is 2. The number of rotatable bonds is 15. The summed E-state index contributed by atoms with van der Waals surface area (Å²) in [7, 11) is 0. The summed E-state index contributed by atoms with van der Waals surface area (Å²) >= 11 is 0. The number of carbonyl (C=O) groups excluding carboxylic acids is 2. The van der Waals surface area contributed by atoms with Gasteiger partial charge in [0.15, 0.2) is 0 Å². The minimum Gasteiger partial charge on any atom is -0.390 e. The first kappa shape index (κ1) is 30.1. The highest BCUT2D eigenvalue weighted by Crippen LogP contribution is 2.12. The van der Waals surface area contributed by atoms with Gasteiger partial charge in [0, 0.05) is 30.8 Å². The predicted molar refractivity (Wildman–Crippen MR) is 158 cm³/mol. The van der Waals surface area contributed by atoms with E-state index in [1.165, 1.54) is 11.1 Å². The fourth-order valence-corrected chi connectivity index (χ4v) is 4.61. The van der Waals surface area contributed by atoms with Gasteiger partial charge >= 0.3 is 0 Å². The molecule has 2 atom stereocenters. The molecule has 3 N–H and O–H groups in total. The molecule has 0 aliphatic rings. The van der Waals surface area contributed by atoms with Crippen molar-refractivity contribution in [1.29, 1.82) is 0 Å². The second-order valence-electron chi connectivity index (χ2n) is 10.1. The lowest BCUT2D eigenvalue weighted by Crippen LogP contribution is -2.49.